The zero-order chi connectivity index (χ0) is 32.1. The molecule has 0 heterocycles. The summed E-state index contributed by atoms with van der Waals surface area (Å²) in [5, 5.41) is 59.2. The molecule has 4 rings (SSSR count). The highest BCUT2D eigenvalue weighted by Crippen LogP contribution is 2.43. The molecule has 0 amide bonds. The van der Waals surface area contributed by atoms with Crippen LogP contribution in [0.3, 0.4) is 0 Å². The number of aldehydes is 1. The molecular weight excluding hydrogens is 568 g/mol. The summed E-state index contributed by atoms with van der Waals surface area (Å²) < 4.78 is 0. The van der Waals surface area contributed by atoms with Crippen LogP contribution in [0.1, 0.15) is 41.4 Å². The molecule has 10 heteroatoms. The van der Waals surface area contributed by atoms with Gasteiger partial charge in [0.05, 0.1) is 0 Å². The Labute approximate surface area is 251 Å². The van der Waals surface area contributed by atoms with Crippen LogP contribution in [0.25, 0.3) is 0 Å². The summed E-state index contributed by atoms with van der Waals surface area (Å²) in [4.78, 5) is 68.2. The third-order valence-corrected chi connectivity index (χ3v) is 7.46. The molecule has 4 aromatic rings. The Balaban J connectivity index is 2.07. The van der Waals surface area contributed by atoms with Crippen molar-refractivity contribution in [2.24, 2.45) is 0 Å². The fourth-order valence-corrected chi connectivity index (χ4v) is 5.02. The maximum absolute atomic E-state index is 14.2. The number of Topliss-reactive ketones (excluding diaryl/α,β-unsaturated/α-hetero) is 4. The van der Waals surface area contributed by atoms with Crippen molar-refractivity contribution >= 4 is 29.4 Å². The second kappa shape index (κ2) is 12.7. The number of carbonyl (C=O) groups is 5. The Hall–Kier alpha value is -4.97. The summed E-state index contributed by atoms with van der Waals surface area (Å²) in [6, 6.07) is 26.0. The van der Waals surface area contributed by atoms with Gasteiger partial charge in [-0.15, -0.1) is 0 Å². The highest BCUT2D eigenvalue weighted by Gasteiger charge is 2.75. The third-order valence-electron chi connectivity index (χ3n) is 7.46. The zero-order valence-electron chi connectivity index (χ0n) is 23.1. The summed E-state index contributed by atoms with van der Waals surface area (Å²) in [6.07, 6.45) is -6.37. The molecule has 0 saturated heterocycles. The maximum Gasteiger partial charge on any atom is 0.222 e. The number of rotatable bonds is 13. The highest BCUT2D eigenvalue weighted by atomic mass is 16.4. The maximum atomic E-state index is 14.2. The lowest BCUT2D eigenvalue weighted by Crippen LogP contribution is -2.81. The average molecular weight is 597 g/mol. The lowest BCUT2D eigenvalue weighted by molar-refractivity contribution is -0.215. The van der Waals surface area contributed by atoms with E-state index in [1.807, 2.05) is 0 Å². The van der Waals surface area contributed by atoms with Gasteiger partial charge in [-0.1, -0.05) is 121 Å². The van der Waals surface area contributed by atoms with Gasteiger partial charge < -0.3 is 25.5 Å². The van der Waals surface area contributed by atoms with E-state index in [1.165, 1.54) is 78.9 Å². The minimum atomic E-state index is -4.25. The van der Waals surface area contributed by atoms with E-state index in [1.54, 1.807) is 6.07 Å². The van der Waals surface area contributed by atoms with Crippen LogP contribution in [0, 0.1) is 0 Å². The van der Waals surface area contributed by atoms with Crippen molar-refractivity contribution in [3.8, 4) is 0 Å². The van der Waals surface area contributed by atoms with Crippen molar-refractivity contribution in [1.29, 1.82) is 0 Å². The monoisotopic (exact) mass is 596 g/mol. The first-order chi connectivity index (χ1) is 20.9. The first-order valence-electron chi connectivity index (χ1n) is 13.3. The van der Waals surface area contributed by atoms with Crippen LogP contribution >= 0.6 is 0 Å². The van der Waals surface area contributed by atoms with Gasteiger partial charge in [-0.25, -0.2) is 0 Å². The minimum Gasteiger partial charge on any atom is -0.386 e. The van der Waals surface area contributed by atoms with Crippen molar-refractivity contribution in [2.45, 2.75) is 29.0 Å². The molecular formula is C34H28O10. The number of carbonyl (C=O) groups excluding carboxylic acids is 5. The molecule has 0 bridgehead atoms. The molecule has 10 nitrogen and oxygen atoms in total. The number of hydrogen-bond acceptors (Lipinski definition) is 10. The van der Waals surface area contributed by atoms with Crippen LogP contribution < -0.4 is 0 Å². The first kappa shape index (κ1) is 32.0. The average Bonchev–Trinajstić information content (AvgIpc) is 3.09. The van der Waals surface area contributed by atoms with E-state index >= 15 is 0 Å². The summed E-state index contributed by atoms with van der Waals surface area (Å²) in [5.41, 5.74) is -14.0. The predicted octanol–water partition coefficient (Wildman–Crippen LogP) is 1.63. The van der Waals surface area contributed by atoms with E-state index in [2.05, 4.69) is 0 Å². The summed E-state index contributed by atoms with van der Waals surface area (Å²) in [5.74, 6) is -6.33. The molecule has 0 aliphatic carbocycles. The molecule has 44 heavy (non-hydrogen) atoms. The summed E-state index contributed by atoms with van der Waals surface area (Å²) >= 11 is 0. The lowest BCUT2D eigenvalue weighted by atomic mass is 9.60. The van der Waals surface area contributed by atoms with Crippen molar-refractivity contribution < 1.29 is 49.5 Å². The predicted molar refractivity (Wildman–Crippen MR) is 156 cm³/mol. The van der Waals surface area contributed by atoms with E-state index in [-0.39, 0.29) is 5.56 Å². The molecule has 0 saturated carbocycles. The molecule has 0 fully saturated rings. The first-order valence-corrected chi connectivity index (χ1v) is 13.3. The van der Waals surface area contributed by atoms with Gasteiger partial charge in [-0.2, -0.15) is 0 Å². The number of ketones is 4. The highest BCUT2D eigenvalue weighted by molar-refractivity contribution is 6.23. The molecule has 0 radical (unpaired) electrons. The number of hydrogen-bond donors (Lipinski definition) is 5. The molecule has 5 atom stereocenters. The Bertz CT molecular complexity index is 1660. The van der Waals surface area contributed by atoms with Crippen molar-refractivity contribution in [1.82, 2.24) is 0 Å². The van der Waals surface area contributed by atoms with Crippen LogP contribution in [0.15, 0.2) is 121 Å². The second-order valence-corrected chi connectivity index (χ2v) is 10.1. The molecule has 224 valence electrons. The van der Waals surface area contributed by atoms with Crippen molar-refractivity contribution in [3.05, 3.63) is 144 Å². The van der Waals surface area contributed by atoms with E-state index in [4.69, 9.17) is 0 Å². The van der Waals surface area contributed by atoms with Gasteiger partial charge in [-0.3, -0.25) is 24.0 Å². The van der Waals surface area contributed by atoms with Crippen LogP contribution in [0.4, 0.5) is 0 Å². The Morgan fingerprint density at radius 1 is 0.523 bits per heavy atom. The van der Waals surface area contributed by atoms with Gasteiger partial charge in [-0.05, 0) is 0 Å². The van der Waals surface area contributed by atoms with Crippen LogP contribution in [-0.2, 0) is 4.79 Å². The van der Waals surface area contributed by atoms with E-state index < -0.39 is 75.1 Å². The Morgan fingerprint density at radius 3 is 1.25 bits per heavy atom. The number of aliphatic hydroxyl groups excluding tert-OH is 2. The van der Waals surface area contributed by atoms with Gasteiger partial charge in [0, 0.05) is 22.3 Å². The van der Waals surface area contributed by atoms with Crippen molar-refractivity contribution in [2.75, 3.05) is 0 Å². The van der Waals surface area contributed by atoms with Crippen LogP contribution in [-0.4, -0.2) is 84.0 Å². The lowest BCUT2D eigenvalue weighted by Gasteiger charge is -2.49. The summed E-state index contributed by atoms with van der Waals surface area (Å²) in [6.45, 7) is 0. The standard InChI is InChI=1S/C34H28O10/c35-21-32(42,28(38)23-15-7-2-8-16-23)34(44,30(40)25-19-11-4-12-20-25)33(43,29(39)24-17-9-3-10-18-24)31(41)27(37)26(36)22-13-5-1-6-14-22/h1-21,27,31,37,41-44H/t27?,31-,32-,33+,34-/m1/s1. The molecule has 0 spiro atoms. The minimum absolute atomic E-state index is 0.197. The van der Waals surface area contributed by atoms with E-state index in [0.717, 1.165) is 36.4 Å². The number of aliphatic hydroxyl groups is 5. The smallest absolute Gasteiger partial charge is 0.222 e. The van der Waals surface area contributed by atoms with Crippen molar-refractivity contribution in [3.63, 3.8) is 0 Å². The quantitative estimate of drug-likeness (QED) is 0.0863. The van der Waals surface area contributed by atoms with E-state index in [0.29, 0.717) is 0 Å². The molecule has 0 aliphatic rings. The van der Waals surface area contributed by atoms with Gasteiger partial charge in [0.15, 0.2) is 17.7 Å². The van der Waals surface area contributed by atoms with Crippen LogP contribution in [0.2, 0.25) is 0 Å². The molecule has 1 unspecified atom stereocenters. The Morgan fingerprint density at radius 2 is 0.864 bits per heavy atom. The topological polar surface area (TPSA) is 186 Å². The normalized spacial score (nSPS) is 16.7. The van der Waals surface area contributed by atoms with Gasteiger partial charge in [0.2, 0.25) is 28.6 Å². The SMILES string of the molecule is O=C[C@@](O)(C(=O)c1ccccc1)[C@](O)(C(=O)c1ccccc1)[C@](O)(C(=O)c1ccccc1)[C@H](O)C(O)C(=O)c1ccccc1. The number of benzene rings is 4. The Kier molecular flexibility index (Phi) is 9.24. The largest absolute Gasteiger partial charge is 0.386 e. The third kappa shape index (κ3) is 5.21. The summed E-state index contributed by atoms with van der Waals surface area (Å²) in [7, 11) is 0. The fraction of sp³-hybridized carbons (Fsp3) is 0.147. The van der Waals surface area contributed by atoms with Gasteiger partial charge in [0.1, 0.15) is 12.2 Å². The second-order valence-electron chi connectivity index (χ2n) is 10.1. The molecule has 5 N–H and O–H groups in total. The fourth-order valence-electron chi connectivity index (χ4n) is 5.02. The van der Waals surface area contributed by atoms with Gasteiger partial charge >= 0.3 is 0 Å². The van der Waals surface area contributed by atoms with Crippen LogP contribution in [0.5, 0.6) is 0 Å². The van der Waals surface area contributed by atoms with Gasteiger partial charge in [0.25, 0.3) is 0 Å². The molecule has 0 aromatic heterocycles. The molecule has 4 aromatic carbocycles. The van der Waals surface area contributed by atoms with E-state index in [9.17, 15) is 49.5 Å². The zero-order valence-corrected chi connectivity index (χ0v) is 23.1. The molecule has 0 aliphatic heterocycles.